The first-order valence-corrected chi connectivity index (χ1v) is 46.3. The van der Waals surface area contributed by atoms with Crippen molar-refractivity contribution in [1.29, 1.82) is 0 Å². The van der Waals surface area contributed by atoms with Crippen molar-refractivity contribution in [3.05, 3.63) is 119 Å². The molecule has 2 aliphatic carbocycles. The highest BCUT2D eigenvalue weighted by Gasteiger charge is 2.63. The van der Waals surface area contributed by atoms with Crippen molar-refractivity contribution < 1.29 is 134 Å². The van der Waals surface area contributed by atoms with Crippen LogP contribution < -0.4 is 0 Å². The molecule has 14 aliphatic rings. The van der Waals surface area contributed by atoms with E-state index in [0.717, 1.165) is 24.0 Å². The van der Waals surface area contributed by atoms with Gasteiger partial charge in [-0.1, -0.05) is 141 Å². The molecule has 2 spiro atoms. The Morgan fingerprint density at radius 3 is 1.16 bits per heavy atom. The molecule has 0 aromatic heterocycles. The number of ether oxygens (including phenoxy) is 22. The minimum atomic E-state index is -1.89. The van der Waals surface area contributed by atoms with Gasteiger partial charge in [0.25, 0.3) is 0 Å². The first-order chi connectivity index (χ1) is 59.7. The van der Waals surface area contributed by atoms with Crippen LogP contribution in [0.3, 0.4) is 0 Å². The van der Waals surface area contributed by atoms with Crippen LogP contribution in [-0.2, 0) is 114 Å². The molecule has 0 amide bonds. The van der Waals surface area contributed by atoms with Gasteiger partial charge in [0.1, 0.15) is 90.9 Å². The summed E-state index contributed by atoms with van der Waals surface area (Å²) in [4.78, 5) is 29.2. The second-order valence-electron chi connectivity index (χ2n) is 38.3. The van der Waals surface area contributed by atoms with Crippen LogP contribution in [0.15, 0.2) is 119 Å². The van der Waals surface area contributed by atoms with E-state index in [-0.39, 0.29) is 80.6 Å². The molecular weight excluding hydrogens is 1610 g/mol. The number of carbonyl (C=O) groups excluding carboxylic acids is 2. The molecule has 12 heterocycles. The number of allylic oxidation sites excluding steroid dienone is 4. The molecule has 4 N–H and O–H groups in total. The highest BCUT2D eigenvalue weighted by Crippen LogP contribution is 2.51. The zero-order valence-electron chi connectivity index (χ0n) is 77.1. The highest BCUT2D eigenvalue weighted by molar-refractivity contribution is 5.79. The lowest BCUT2D eigenvalue weighted by Gasteiger charge is -2.48. The van der Waals surface area contributed by atoms with E-state index in [4.69, 9.17) is 104 Å². The number of carbonyl (C=O) groups is 2. The fourth-order valence-corrected chi connectivity index (χ4v) is 21.8. The Morgan fingerprint density at radius 2 is 0.800 bits per heavy atom. The Labute approximate surface area is 739 Å². The van der Waals surface area contributed by atoms with Gasteiger partial charge < -0.3 is 125 Å². The molecule has 0 radical (unpaired) electrons. The summed E-state index contributed by atoms with van der Waals surface area (Å²) in [6.07, 6.45) is 15.3. The summed E-state index contributed by atoms with van der Waals surface area (Å²) in [5.74, 6) is -5.64. The van der Waals surface area contributed by atoms with Gasteiger partial charge in [-0.3, -0.25) is 9.59 Å². The molecule has 0 aromatic rings. The van der Waals surface area contributed by atoms with Crippen LogP contribution in [0.5, 0.6) is 0 Å². The van der Waals surface area contributed by atoms with Crippen molar-refractivity contribution in [1.82, 2.24) is 0 Å². The van der Waals surface area contributed by atoms with Crippen LogP contribution in [0, 0.1) is 47.3 Å². The molecular formula is C97H144O28. The van der Waals surface area contributed by atoms with Crippen molar-refractivity contribution in [2.75, 3.05) is 48.4 Å². The number of esters is 2. The monoisotopic (exact) mass is 1760 g/mol. The van der Waals surface area contributed by atoms with E-state index < -0.39 is 206 Å². The smallest absolute Gasteiger partial charge is 0.316 e. The SMILES string of the molecule is CCC(C)[C@H]1O[C@]2(C=C[C@@H]1C)C[C@@H]1C[C@@H](C/C=C(\C)[C@@H](O[C@H]3C[C@H](OC)[C@@H](O[C@H]4C[C@H](OC)[C@@H](OCO[C@H]5[C@H](C)O[C@@H](O[C@H]6[C@H](C)O[C@@H](O[C@@H]7/C(C)=C/C[C@@H]8C[C@@H](C[C@]9(C=C[C@H](C)[C@@H](C(C)CC)O9)O8)OC(=O)[C@@H]8C=C(C)[C@@H](O)[C@H]9OC/C(=C\C=C\[C@@H]7C)[C@]98O)C[C@@H]6OC)C[C@@H]5OC)[C@H](C)O4)[C@H](C)O3)[C@@H](C)/C=C/C=C3\CO[C@@H]4[C@H](O)C(C)=C[C@@H](C(=O)O1)[C@]34O)O2. The molecule has 8 fully saturated rings. The molecule has 2 unspecified atom stereocenters. The number of methoxy groups -OCH3 is 4. The number of aliphatic hydroxyl groups excluding tert-OH is 2. The van der Waals surface area contributed by atoms with Crippen molar-refractivity contribution in [3.63, 3.8) is 0 Å². The Kier molecular flexibility index (Phi) is 31.5. The first-order valence-electron chi connectivity index (χ1n) is 46.3. The van der Waals surface area contributed by atoms with E-state index in [0.29, 0.717) is 73.7 Å². The Bertz CT molecular complexity index is 3750. The summed E-state index contributed by atoms with van der Waals surface area (Å²) >= 11 is 0. The topological polar surface area (TPSA) is 318 Å². The molecule has 8 saturated heterocycles. The molecule has 0 saturated carbocycles. The maximum Gasteiger partial charge on any atom is 0.316 e. The third-order valence-corrected chi connectivity index (χ3v) is 29.5. The van der Waals surface area contributed by atoms with Crippen molar-refractivity contribution >= 4 is 11.9 Å². The molecule has 125 heavy (non-hydrogen) atoms. The van der Waals surface area contributed by atoms with E-state index >= 15 is 0 Å². The summed E-state index contributed by atoms with van der Waals surface area (Å²) in [5, 5.41) is 48.4. The number of fused-ring (bicyclic) bond motifs is 4. The quantitative estimate of drug-likeness (QED) is 0.0500. The number of hydrogen-bond acceptors (Lipinski definition) is 28. The lowest BCUT2D eigenvalue weighted by molar-refractivity contribution is -0.333. The molecule has 28 heteroatoms. The van der Waals surface area contributed by atoms with Crippen LogP contribution in [0.4, 0.5) is 0 Å². The molecule has 700 valence electrons. The summed E-state index contributed by atoms with van der Waals surface area (Å²) in [6, 6.07) is 0. The van der Waals surface area contributed by atoms with E-state index in [2.05, 4.69) is 79.7 Å². The Balaban J connectivity index is 0.589. The summed E-state index contributed by atoms with van der Waals surface area (Å²) < 4.78 is 146. The lowest BCUT2D eigenvalue weighted by atomic mass is 9.71. The molecule has 0 aromatic carbocycles. The first kappa shape index (κ1) is 96.4. The molecule has 40 atom stereocenters. The van der Waals surface area contributed by atoms with E-state index in [9.17, 15) is 30.0 Å². The van der Waals surface area contributed by atoms with Gasteiger partial charge in [-0.25, -0.2) is 0 Å². The lowest BCUT2D eigenvalue weighted by Crippen LogP contribution is -2.58. The largest absolute Gasteiger partial charge is 0.462 e. The molecule has 4 bridgehead atoms. The van der Waals surface area contributed by atoms with Crippen LogP contribution in [0.2, 0.25) is 0 Å². The summed E-state index contributed by atoms with van der Waals surface area (Å²) in [5.41, 5.74) is 0.00997. The highest BCUT2D eigenvalue weighted by atomic mass is 16.8. The second-order valence-corrected chi connectivity index (χ2v) is 38.3. The van der Waals surface area contributed by atoms with E-state index in [1.807, 2.05) is 78.0 Å². The third kappa shape index (κ3) is 20.5. The van der Waals surface area contributed by atoms with E-state index in [1.165, 1.54) is 0 Å². The standard InChI is InChI=1S/C97H144O28/c1-21-50(3)84-56(9)33-35-94(124-84)45-68-39-66(122-94)31-29-54(7)82(52(5)25-23-27-64-47-108-90-80(98)58(11)37-70(92(100)116-68)96(64,90)102)118-76-43-74(106-19)88(62(15)114-76)120-78-41-72(104-17)86(60(13)112-78)110-49-111-87-61(14)113-79(42-73(87)105-18)121-89-63(16)115-77(44-75(89)107-20)119-83-53(6)26-24-28-65-48-109-91-81(99)59(12)38-71(97(65,91)103)93(101)117-69-40-67(32-30-55(83)8)123-95(46-69)36-34-57(10)85(125-95)51(4)22-2/h23-30,33-38,50-53,56-57,60-63,66-91,98-99,102-103H,21-22,31-32,39-49H2,1-20H3/b25-23+,26-24+,54-29+,55-30+,64-27+,65-28+/t50?,51?,52-,53-,56-,57-,60-,61-,62-,63-,66+,67+,68-,69-,70-,71-,72-,73-,74-,75-,76-,77-,78-,79-,80+,81+,82-,83-,84+,85+,86-,87-,88-,89-,90+,91+,94+,95+,96+,97+/m0/s1. The van der Waals surface area contributed by atoms with Gasteiger partial charge in [-0.05, 0) is 126 Å². The Morgan fingerprint density at radius 1 is 0.448 bits per heavy atom. The maximum absolute atomic E-state index is 14.6. The minimum Gasteiger partial charge on any atom is -0.462 e. The fraction of sp³-hybridized carbons (Fsp3) is 0.773. The molecule has 12 aliphatic heterocycles. The summed E-state index contributed by atoms with van der Waals surface area (Å²) in [6.45, 7) is 32.2. The van der Waals surface area contributed by atoms with Gasteiger partial charge in [0.2, 0.25) is 0 Å². The van der Waals surface area contributed by atoms with Crippen LogP contribution >= 0.6 is 0 Å². The zero-order valence-corrected chi connectivity index (χ0v) is 77.1. The van der Waals surface area contributed by atoms with Crippen LogP contribution in [-0.4, -0.2) is 275 Å². The molecule has 28 nitrogen and oxygen atoms in total. The number of aliphatic hydroxyl groups is 4. The zero-order chi connectivity index (χ0) is 89.5. The third-order valence-electron chi connectivity index (χ3n) is 29.5. The van der Waals surface area contributed by atoms with Gasteiger partial charge >= 0.3 is 11.9 Å². The van der Waals surface area contributed by atoms with Gasteiger partial charge in [0.05, 0.1) is 98.7 Å². The minimum absolute atomic E-state index is 0.00328. The van der Waals surface area contributed by atoms with Crippen LogP contribution in [0.25, 0.3) is 0 Å². The van der Waals surface area contributed by atoms with Gasteiger partial charge in [0, 0.05) is 103 Å². The van der Waals surface area contributed by atoms with Gasteiger partial charge in [0.15, 0.2) is 36.7 Å². The normalized spacial score (nSPS) is 49.0. The van der Waals surface area contributed by atoms with Gasteiger partial charge in [-0.2, -0.15) is 0 Å². The predicted molar refractivity (Wildman–Crippen MR) is 457 cm³/mol. The second kappa shape index (κ2) is 40.8. The molecule has 14 rings (SSSR count). The number of rotatable bonds is 20. The van der Waals surface area contributed by atoms with Crippen molar-refractivity contribution in [2.45, 2.75) is 382 Å². The van der Waals surface area contributed by atoms with Crippen molar-refractivity contribution in [3.8, 4) is 0 Å². The number of hydrogen-bond donors (Lipinski definition) is 4. The van der Waals surface area contributed by atoms with Crippen molar-refractivity contribution in [2.24, 2.45) is 47.3 Å². The average molecular weight is 1760 g/mol. The van der Waals surface area contributed by atoms with E-state index in [1.54, 1.807) is 66.6 Å². The maximum atomic E-state index is 14.6. The van der Waals surface area contributed by atoms with Gasteiger partial charge in [-0.15, -0.1) is 0 Å². The van der Waals surface area contributed by atoms with Crippen LogP contribution in [0.1, 0.15) is 188 Å². The average Bonchev–Trinajstić information content (AvgIpc) is 1.61. The predicted octanol–water partition coefficient (Wildman–Crippen LogP) is 11.8. The summed E-state index contributed by atoms with van der Waals surface area (Å²) in [7, 11) is 6.60. The Hall–Kier alpha value is -4.62. The fourth-order valence-electron chi connectivity index (χ4n) is 21.8.